The van der Waals surface area contributed by atoms with Crippen molar-refractivity contribution < 1.29 is 0 Å². The van der Waals surface area contributed by atoms with E-state index < -0.39 is 0 Å². The summed E-state index contributed by atoms with van der Waals surface area (Å²) in [6, 6.07) is 0. The van der Waals surface area contributed by atoms with E-state index in [2.05, 4.69) is 18.8 Å². The zero-order valence-corrected chi connectivity index (χ0v) is 5.11. The van der Waals surface area contributed by atoms with Crippen molar-refractivity contribution in [1.82, 2.24) is 0 Å². The molecule has 1 fully saturated rings. The number of hydrogen-bond acceptors (Lipinski definition) is 0. The van der Waals surface area contributed by atoms with Gasteiger partial charge in [0.1, 0.15) is 0 Å². The molecule has 0 bridgehead atoms. The second kappa shape index (κ2) is 2.77. The standard InChI is InChI=1S/C8H11/c1-2-3-5-8-6-4-7-8/h8H,1,4-7H2. The Bertz CT molecular complexity index is 110. The molecule has 0 spiro atoms. The molecule has 8 heavy (non-hydrogen) atoms. The summed E-state index contributed by atoms with van der Waals surface area (Å²) >= 11 is 0. The zero-order valence-electron chi connectivity index (χ0n) is 5.11. The molecule has 0 atom stereocenters. The third kappa shape index (κ3) is 1.26. The van der Waals surface area contributed by atoms with Crippen LogP contribution in [-0.2, 0) is 0 Å². The van der Waals surface area contributed by atoms with Crippen LogP contribution >= 0.6 is 0 Å². The average Bonchev–Trinajstić information content (AvgIpc) is 1.63. The van der Waals surface area contributed by atoms with E-state index in [1.54, 1.807) is 0 Å². The highest BCUT2D eigenvalue weighted by atomic mass is 14.2. The first kappa shape index (κ1) is 5.69. The smallest absolute Gasteiger partial charge is 0.0198 e. The van der Waals surface area contributed by atoms with Crippen LogP contribution in [0.2, 0.25) is 0 Å². The second-order valence-corrected chi connectivity index (χ2v) is 2.35. The maximum Gasteiger partial charge on any atom is 0.0198 e. The summed E-state index contributed by atoms with van der Waals surface area (Å²) in [5.74, 6) is 6.58. The van der Waals surface area contributed by atoms with E-state index in [1.807, 2.05) is 0 Å². The molecule has 1 rings (SSSR count). The summed E-state index contributed by atoms with van der Waals surface area (Å²) in [5.41, 5.74) is 0. The van der Waals surface area contributed by atoms with Gasteiger partial charge in [-0.2, -0.15) is 0 Å². The molecule has 0 aromatic rings. The Morgan fingerprint density at radius 2 is 2.25 bits per heavy atom. The van der Waals surface area contributed by atoms with Crippen LogP contribution in [0.4, 0.5) is 0 Å². The minimum absolute atomic E-state index is 0.921. The highest BCUT2D eigenvalue weighted by Gasteiger charge is 2.14. The Hall–Kier alpha value is -0.440. The van der Waals surface area contributed by atoms with Gasteiger partial charge in [0, 0.05) is 13.3 Å². The van der Waals surface area contributed by atoms with Crippen LogP contribution in [0.3, 0.4) is 0 Å². The summed E-state index contributed by atoms with van der Waals surface area (Å²) < 4.78 is 0. The van der Waals surface area contributed by atoms with Crippen LogP contribution < -0.4 is 0 Å². The van der Waals surface area contributed by atoms with Gasteiger partial charge in [0.15, 0.2) is 0 Å². The van der Waals surface area contributed by atoms with Crippen molar-refractivity contribution in [3.8, 4) is 11.8 Å². The molecule has 0 nitrogen and oxygen atoms in total. The fourth-order valence-electron chi connectivity index (χ4n) is 0.913. The Labute approximate surface area is 51.3 Å². The molecule has 0 heteroatoms. The summed E-state index contributed by atoms with van der Waals surface area (Å²) in [6.07, 6.45) is 5.30. The zero-order chi connectivity index (χ0) is 5.82. The van der Waals surface area contributed by atoms with Crippen molar-refractivity contribution in [3.63, 3.8) is 0 Å². The van der Waals surface area contributed by atoms with E-state index >= 15 is 0 Å². The van der Waals surface area contributed by atoms with Gasteiger partial charge in [-0.25, -0.2) is 0 Å². The van der Waals surface area contributed by atoms with E-state index in [4.69, 9.17) is 0 Å². The lowest BCUT2D eigenvalue weighted by Gasteiger charge is -2.22. The average molecular weight is 107 g/mol. The van der Waals surface area contributed by atoms with Gasteiger partial charge >= 0.3 is 0 Å². The first-order chi connectivity index (χ1) is 3.93. The lowest BCUT2D eigenvalue weighted by molar-refractivity contribution is 0.323. The first-order valence-corrected chi connectivity index (χ1v) is 3.18. The minimum atomic E-state index is 0.921. The van der Waals surface area contributed by atoms with Gasteiger partial charge in [-0.05, 0) is 18.8 Å². The molecule has 0 heterocycles. The van der Waals surface area contributed by atoms with Crippen molar-refractivity contribution in [2.75, 3.05) is 0 Å². The van der Waals surface area contributed by atoms with Gasteiger partial charge in [-0.3, -0.25) is 0 Å². The predicted octanol–water partition coefficient (Wildman–Crippen LogP) is 2.01. The van der Waals surface area contributed by atoms with Gasteiger partial charge < -0.3 is 0 Å². The third-order valence-corrected chi connectivity index (χ3v) is 1.74. The fourth-order valence-corrected chi connectivity index (χ4v) is 0.913. The fraction of sp³-hybridized carbons (Fsp3) is 0.625. The van der Waals surface area contributed by atoms with Crippen LogP contribution in [0.25, 0.3) is 0 Å². The van der Waals surface area contributed by atoms with Crippen LogP contribution in [0.15, 0.2) is 0 Å². The molecule has 0 aromatic carbocycles. The quantitative estimate of drug-likeness (QED) is 0.450. The van der Waals surface area contributed by atoms with Gasteiger partial charge in [-0.15, -0.1) is 11.8 Å². The van der Waals surface area contributed by atoms with Crippen molar-refractivity contribution in [2.24, 2.45) is 5.92 Å². The van der Waals surface area contributed by atoms with Gasteiger partial charge in [-0.1, -0.05) is 6.42 Å². The predicted molar refractivity (Wildman–Crippen MR) is 35.1 cm³/mol. The van der Waals surface area contributed by atoms with E-state index in [-0.39, 0.29) is 0 Å². The number of rotatable bonds is 1. The van der Waals surface area contributed by atoms with Crippen molar-refractivity contribution in [2.45, 2.75) is 25.7 Å². The van der Waals surface area contributed by atoms with Crippen LogP contribution in [-0.4, -0.2) is 0 Å². The molecule has 1 radical (unpaired) electrons. The molecular formula is C8H11. The highest BCUT2D eigenvalue weighted by molar-refractivity contribution is 5.02. The van der Waals surface area contributed by atoms with Crippen molar-refractivity contribution in [3.05, 3.63) is 6.92 Å². The van der Waals surface area contributed by atoms with Gasteiger partial charge in [0.05, 0.1) is 0 Å². The van der Waals surface area contributed by atoms with Crippen LogP contribution in [0.5, 0.6) is 0 Å². The molecule has 1 aliphatic carbocycles. The minimum Gasteiger partial charge on any atom is -0.103 e. The van der Waals surface area contributed by atoms with Gasteiger partial charge in [0.25, 0.3) is 0 Å². The van der Waals surface area contributed by atoms with Gasteiger partial charge in [0.2, 0.25) is 0 Å². The highest BCUT2D eigenvalue weighted by Crippen LogP contribution is 2.28. The molecule has 1 saturated carbocycles. The summed E-state index contributed by atoms with van der Waals surface area (Å²) in [5, 5.41) is 0. The van der Waals surface area contributed by atoms with E-state index in [0.717, 1.165) is 12.3 Å². The third-order valence-electron chi connectivity index (χ3n) is 1.74. The Kier molecular flexibility index (Phi) is 1.97. The molecule has 0 amide bonds. The summed E-state index contributed by atoms with van der Waals surface area (Å²) in [6.45, 7) is 3.45. The molecule has 43 valence electrons. The summed E-state index contributed by atoms with van der Waals surface area (Å²) in [4.78, 5) is 0. The van der Waals surface area contributed by atoms with E-state index in [9.17, 15) is 0 Å². The molecule has 0 aliphatic heterocycles. The molecule has 0 aromatic heterocycles. The monoisotopic (exact) mass is 107 g/mol. The normalized spacial score (nSPS) is 18.6. The lowest BCUT2D eigenvalue weighted by atomic mass is 9.83. The largest absolute Gasteiger partial charge is 0.103 e. The topological polar surface area (TPSA) is 0 Å². The molecule has 1 aliphatic rings. The SMILES string of the molecule is [CH2]C#CCC1CCC1. The van der Waals surface area contributed by atoms with E-state index in [0.29, 0.717) is 0 Å². The Morgan fingerprint density at radius 3 is 2.62 bits per heavy atom. The maximum absolute atomic E-state index is 3.45. The van der Waals surface area contributed by atoms with Crippen molar-refractivity contribution in [1.29, 1.82) is 0 Å². The number of hydrogen-bond donors (Lipinski definition) is 0. The Morgan fingerprint density at radius 1 is 1.50 bits per heavy atom. The lowest BCUT2D eigenvalue weighted by Crippen LogP contribution is -2.09. The summed E-state index contributed by atoms with van der Waals surface area (Å²) in [7, 11) is 0. The second-order valence-electron chi connectivity index (χ2n) is 2.35. The van der Waals surface area contributed by atoms with Crippen LogP contribution in [0.1, 0.15) is 25.7 Å². The molecule has 0 unspecified atom stereocenters. The first-order valence-electron chi connectivity index (χ1n) is 3.18. The maximum atomic E-state index is 3.45. The van der Waals surface area contributed by atoms with Crippen molar-refractivity contribution >= 4 is 0 Å². The molecule has 0 N–H and O–H groups in total. The van der Waals surface area contributed by atoms with E-state index in [1.165, 1.54) is 19.3 Å². The van der Waals surface area contributed by atoms with Crippen LogP contribution in [0, 0.1) is 24.7 Å². The molecule has 0 saturated heterocycles. The molecular weight excluding hydrogens is 96.1 g/mol. The Balaban J connectivity index is 2.07.